The zero-order chi connectivity index (χ0) is 17.0. The van der Waals surface area contributed by atoms with Gasteiger partial charge in [0.15, 0.2) is 0 Å². The van der Waals surface area contributed by atoms with Gasteiger partial charge in [0.25, 0.3) is 0 Å². The maximum Gasteiger partial charge on any atom is 0.412 e. The number of nitrogens with one attached hydrogen (secondary N) is 2. The molecular formula is C17H25FN2O3. The highest BCUT2D eigenvalue weighted by Crippen LogP contribution is 2.26. The lowest BCUT2D eigenvalue weighted by atomic mass is 9.93. The Bertz CT molecular complexity index is 549. The van der Waals surface area contributed by atoms with Crippen LogP contribution in [0.25, 0.3) is 0 Å². The van der Waals surface area contributed by atoms with E-state index in [1.807, 2.05) is 0 Å². The third-order valence-electron chi connectivity index (χ3n) is 3.67. The fourth-order valence-electron chi connectivity index (χ4n) is 2.58. The molecule has 0 aliphatic heterocycles. The van der Waals surface area contributed by atoms with E-state index in [9.17, 15) is 14.3 Å². The van der Waals surface area contributed by atoms with Gasteiger partial charge in [0.2, 0.25) is 0 Å². The number of ether oxygens (including phenoxy) is 1. The number of aliphatic hydroxyl groups excluding tert-OH is 1. The molecule has 1 saturated carbocycles. The molecule has 1 amide bonds. The Balaban J connectivity index is 1.99. The van der Waals surface area contributed by atoms with Gasteiger partial charge in [0, 0.05) is 11.7 Å². The second kappa shape index (κ2) is 7.17. The second-order valence-corrected chi connectivity index (χ2v) is 6.97. The van der Waals surface area contributed by atoms with Crippen LogP contribution in [0.5, 0.6) is 0 Å². The van der Waals surface area contributed by atoms with Gasteiger partial charge in [-0.1, -0.05) is 0 Å². The van der Waals surface area contributed by atoms with Crippen molar-refractivity contribution < 1.29 is 19.0 Å². The van der Waals surface area contributed by atoms with E-state index >= 15 is 0 Å². The lowest BCUT2D eigenvalue weighted by molar-refractivity contribution is 0.0636. The van der Waals surface area contributed by atoms with E-state index in [0.29, 0.717) is 11.4 Å². The maximum atomic E-state index is 14.0. The van der Waals surface area contributed by atoms with Crippen LogP contribution < -0.4 is 10.6 Å². The van der Waals surface area contributed by atoms with Crippen molar-refractivity contribution in [3.05, 3.63) is 24.0 Å². The molecule has 0 bridgehead atoms. The zero-order valence-corrected chi connectivity index (χ0v) is 13.9. The van der Waals surface area contributed by atoms with Crippen molar-refractivity contribution in [2.75, 3.05) is 10.6 Å². The number of rotatable bonds is 3. The smallest absolute Gasteiger partial charge is 0.412 e. The van der Waals surface area contributed by atoms with E-state index in [-0.39, 0.29) is 18.0 Å². The molecule has 0 atom stereocenters. The fourth-order valence-corrected chi connectivity index (χ4v) is 2.58. The molecule has 0 spiro atoms. The molecule has 1 aliphatic rings. The molecule has 0 radical (unpaired) electrons. The first-order valence-corrected chi connectivity index (χ1v) is 7.97. The second-order valence-electron chi connectivity index (χ2n) is 6.97. The molecule has 0 heterocycles. The Morgan fingerprint density at radius 2 is 1.91 bits per heavy atom. The van der Waals surface area contributed by atoms with Gasteiger partial charge in [-0.05, 0) is 64.7 Å². The number of hydrogen-bond acceptors (Lipinski definition) is 4. The van der Waals surface area contributed by atoms with Crippen molar-refractivity contribution in [3.63, 3.8) is 0 Å². The number of hydrogen-bond donors (Lipinski definition) is 3. The summed E-state index contributed by atoms with van der Waals surface area (Å²) in [5.74, 6) is -0.370. The summed E-state index contributed by atoms with van der Waals surface area (Å²) >= 11 is 0. The number of anilines is 2. The average molecular weight is 324 g/mol. The van der Waals surface area contributed by atoms with Crippen LogP contribution in [0.4, 0.5) is 20.6 Å². The van der Waals surface area contributed by atoms with Crippen LogP contribution in [0.2, 0.25) is 0 Å². The topological polar surface area (TPSA) is 70.6 Å². The number of amides is 1. The summed E-state index contributed by atoms with van der Waals surface area (Å²) in [6.45, 7) is 5.34. The van der Waals surface area contributed by atoms with Gasteiger partial charge in [-0.2, -0.15) is 0 Å². The molecule has 0 unspecified atom stereocenters. The lowest BCUT2D eigenvalue weighted by Crippen LogP contribution is -2.29. The molecule has 1 aromatic carbocycles. The number of halogens is 1. The van der Waals surface area contributed by atoms with Crippen molar-refractivity contribution in [1.29, 1.82) is 0 Å². The first kappa shape index (κ1) is 17.5. The Hall–Kier alpha value is -1.82. The van der Waals surface area contributed by atoms with Gasteiger partial charge in [-0.15, -0.1) is 0 Å². The Morgan fingerprint density at radius 1 is 1.26 bits per heavy atom. The van der Waals surface area contributed by atoms with Gasteiger partial charge in [0.05, 0.1) is 11.8 Å². The van der Waals surface area contributed by atoms with Crippen molar-refractivity contribution in [2.24, 2.45) is 0 Å². The third-order valence-corrected chi connectivity index (χ3v) is 3.67. The first-order valence-electron chi connectivity index (χ1n) is 7.97. The van der Waals surface area contributed by atoms with Crippen molar-refractivity contribution >= 4 is 17.5 Å². The number of carbonyl (C=O) groups excluding carboxylic acids is 1. The minimum atomic E-state index is -0.589. The summed E-state index contributed by atoms with van der Waals surface area (Å²) in [6, 6.07) is 4.50. The molecule has 0 saturated heterocycles. The van der Waals surface area contributed by atoms with Gasteiger partial charge in [-0.3, -0.25) is 5.32 Å². The van der Waals surface area contributed by atoms with E-state index in [1.54, 1.807) is 26.8 Å². The Labute approximate surface area is 136 Å². The minimum absolute atomic E-state index is 0.129. The SMILES string of the molecule is CC(C)(C)OC(=O)Nc1ccc(F)c(NC2CCC(O)CC2)c1. The number of aliphatic hydroxyl groups is 1. The highest BCUT2D eigenvalue weighted by molar-refractivity contribution is 5.85. The molecule has 5 nitrogen and oxygen atoms in total. The summed E-state index contributed by atoms with van der Waals surface area (Å²) < 4.78 is 19.1. The normalized spacial score (nSPS) is 21.6. The van der Waals surface area contributed by atoms with Crippen LogP contribution in [-0.2, 0) is 4.74 Å². The van der Waals surface area contributed by atoms with Crippen LogP contribution in [0.3, 0.4) is 0 Å². The fraction of sp³-hybridized carbons (Fsp3) is 0.588. The molecule has 0 aromatic heterocycles. The van der Waals surface area contributed by atoms with Crippen LogP contribution in [-0.4, -0.2) is 28.9 Å². The highest BCUT2D eigenvalue weighted by Gasteiger charge is 2.21. The quantitative estimate of drug-likeness (QED) is 0.789. The van der Waals surface area contributed by atoms with Crippen molar-refractivity contribution in [3.8, 4) is 0 Å². The third kappa shape index (κ3) is 5.71. The van der Waals surface area contributed by atoms with Crippen LogP contribution >= 0.6 is 0 Å². The average Bonchev–Trinajstić information content (AvgIpc) is 2.43. The summed E-state index contributed by atoms with van der Waals surface area (Å²) in [7, 11) is 0. The predicted molar refractivity (Wildman–Crippen MR) is 88.1 cm³/mol. The van der Waals surface area contributed by atoms with Gasteiger partial charge < -0.3 is 15.2 Å². The van der Waals surface area contributed by atoms with E-state index < -0.39 is 11.7 Å². The summed E-state index contributed by atoms with van der Waals surface area (Å²) in [5, 5.41) is 15.3. The highest BCUT2D eigenvalue weighted by atomic mass is 19.1. The molecule has 23 heavy (non-hydrogen) atoms. The molecular weight excluding hydrogens is 299 g/mol. The molecule has 2 rings (SSSR count). The largest absolute Gasteiger partial charge is 0.444 e. The van der Waals surface area contributed by atoms with Crippen LogP contribution in [0, 0.1) is 5.82 Å². The molecule has 1 fully saturated rings. The van der Waals surface area contributed by atoms with Gasteiger partial charge >= 0.3 is 6.09 Å². The van der Waals surface area contributed by atoms with Crippen LogP contribution in [0.1, 0.15) is 46.5 Å². The molecule has 6 heteroatoms. The maximum absolute atomic E-state index is 14.0. The van der Waals surface area contributed by atoms with Gasteiger partial charge in [0.1, 0.15) is 11.4 Å². The summed E-state index contributed by atoms with van der Waals surface area (Å²) in [4.78, 5) is 11.8. The number of benzene rings is 1. The summed E-state index contributed by atoms with van der Waals surface area (Å²) in [5.41, 5.74) is 0.229. The van der Waals surface area contributed by atoms with E-state index in [1.165, 1.54) is 12.1 Å². The number of carbonyl (C=O) groups is 1. The van der Waals surface area contributed by atoms with Crippen molar-refractivity contribution in [1.82, 2.24) is 0 Å². The molecule has 128 valence electrons. The first-order chi connectivity index (χ1) is 10.7. The van der Waals surface area contributed by atoms with Gasteiger partial charge in [-0.25, -0.2) is 9.18 Å². The van der Waals surface area contributed by atoms with Crippen molar-refractivity contribution in [2.45, 2.75) is 64.2 Å². The summed E-state index contributed by atoms with van der Waals surface area (Å²) in [6.07, 6.45) is 2.20. The zero-order valence-electron chi connectivity index (χ0n) is 13.9. The minimum Gasteiger partial charge on any atom is -0.444 e. The Morgan fingerprint density at radius 3 is 2.52 bits per heavy atom. The Kier molecular flexibility index (Phi) is 5.46. The standard InChI is InChI=1S/C17H25FN2O3/c1-17(2,3)23-16(22)20-12-6-9-14(18)15(10-12)19-11-4-7-13(21)8-5-11/h6,9-11,13,19,21H,4-5,7-8H2,1-3H3,(H,20,22). The monoisotopic (exact) mass is 324 g/mol. The lowest BCUT2D eigenvalue weighted by Gasteiger charge is -2.27. The molecule has 3 N–H and O–H groups in total. The van der Waals surface area contributed by atoms with Crippen LogP contribution in [0.15, 0.2) is 18.2 Å². The molecule has 1 aliphatic carbocycles. The van der Waals surface area contributed by atoms with E-state index in [2.05, 4.69) is 10.6 Å². The van der Waals surface area contributed by atoms with E-state index in [4.69, 9.17) is 4.74 Å². The van der Waals surface area contributed by atoms with E-state index in [0.717, 1.165) is 25.7 Å². The predicted octanol–water partition coefficient (Wildman–Crippen LogP) is 3.89. The molecule has 1 aromatic rings.